The molecule has 36 heavy (non-hydrogen) atoms. The normalized spacial score (nSPS) is 16.2. The lowest BCUT2D eigenvalue weighted by Gasteiger charge is -2.36. The van der Waals surface area contributed by atoms with Crippen molar-refractivity contribution in [3.05, 3.63) is 78.4 Å². The summed E-state index contributed by atoms with van der Waals surface area (Å²) in [6.45, 7) is 1.45. The largest absolute Gasteiger partial charge is 0.497 e. The van der Waals surface area contributed by atoms with Gasteiger partial charge in [-0.2, -0.15) is 0 Å². The van der Waals surface area contributed by atoms with Gasteiger partial charge in [-0.1, -0.05) is 36.4 Å². The summed E-state index contributed by atoms with van der Waals surface area (Å²) in [6.07, 6.45) is 1.32. The number of benzene rings is 3. The van der Waals surface area contributed by atoms with Gasteiger partial charge < -0.3 is 24.8 Å². The number of carbonyl (C=O) groups is 2. The van der Waals surface area contributed by atoms with Crippen molar-refractivity contribution in [3.8, 4) is 17.2 Å². The van der Waals surface area contributed by atoms with Crippen LogP contribution in [0, 0.1) is 5.92 Å². The molecule has 0 aliphatic carbocycles. The second kappa shape index (κ2) is 10.7. The third kappa shape index (κ3) is 5.28. The molecule has 0 aromatic heterocycles. The molecule has 2 aliphatic heterocycles. The molecule has 3 aromatic carbocycles. The Morgan fingerprint density at radius 2 is 1.64 bits per heavy atom. The molecule has 2 aliphatic rings. The van der Waals surface area contributed by atoms with Gasteiger partial charge in [0.2, 0.25) is 18.6 Å². The van der Waals surface area contributed by atoms with Crippen LogP contribution in [0.3, 0.4) is 0 Å². The lowest BCUT2D eigenvalue weighted by molar-refractivity contribution is -0.123. The van der Waals surface area contributed by atoms with Gasteiger partial charge in [0.15, 0.2) is 11.5 Å². The first-order valence-electron chi connectivity index (χ1n) is 12.0. The van der Waals surface area contributed by atoms with Crippen LogP contribution in [0.4, 0.5) is 11.4 Å². The van der Waals surface area contributed by atoms with Crippen molar-refractivity contribution in [1.82, 2.24) is 4.90 Å². The van der Waals surface area contributed by atoms with E-state index in [4.69, 9.17) is 14.2 Å². The van der Waals surface area contributed by atoms with Crippen LogP contribution in [0.2, 0.25) is 0 Å². The molecule has 0 unspecified atom stereocenters. The molecular weight excluding hydrogens is 458 g/mol. The number of hydrogen-bond donors (Lipinski definition) is 2. The molecule has 0 bridgehead atoms. The van der Waals surface area contributed by atoms with Crippen LogP contribution in [0.25, 0.3) is 0 Å². The molecule has 2 amide bonds. The topological polar surface area (TPSA) is 89.1 Å². The number of likely N-dealkylation sites (tertiary alicyclic amines) is 1. The molecule has 5 rings (SSSR count). The van der Waals surface area contributed by atoms with Crippen LogP contribution in [0.5, 0.6) is 17.2 Å². The molecule has 2 N–H and O–H groups in total. The minimum atomic E-state index is -0.463. The molecule has 2 heterocycles. The molecule has 0 spiro atoms. The summed E-state index contributed by atoms with van der Waals surface area (Å²) in [5.41, 5.74) is 2.28. The van der Waals surface area contributed by atoms with E-state index < -0.39 is 6.04 Å². The van der Waals surface area contributed by atoms with Crippen molar-refractivity contribution in [2.75, 3.05) is 37.6 Å². The Labute approximate surface area is 210 Å². The van der Waals surface area contributed by atoms with E-state index in [0.717, 1.165) is 5.56 Å². The van der Waals surface area contributed by atoms with Crippen molar-refractivity contribution in [2.24, 2.45) is 5.92 Å². The number of nitrogens with zero attached hydrogens (tertiary/aromatic N) is 1. The Morgan fingerprint density at radius 1 is 0.889 bits per heavy atom. The monoisotopic (exact) mass is 487 g/mol. The molecule has 1 saturated heterocycles. The number of carbonyl (C=O) groups excluding carboxylic acids is 2. The van der Waals surface area contributed by atoms with E-state index in [1.165, 1.54) is 0 Å². The Bertz CT molecular complexity index is 1220. The minimum Gasteiger partial charge on any atom is -0.497 e. The van der Waals surface area contributed by atoms with Crippen LogP contribution < -0.4 is 24.8 Å². The summed E-state index contributed by atoms with van der Waals surface area (Å²) in [6, 6.07) is 22.0. The Kier molecular flexibility index (Phi) is 7.04. The SMILES string of the molecule is COc1cccc(NC(=O)[C@H](c2ccccc2)N2CCC(C(=O)Nc3ccc4c(c3)OCO4)CC2)c1. The van der Waals surface area contributed by atoms with Crippen molar-refractivity contribution < 1.29 is 23.8 Å². The van der Waals surface area contributed by atoms with Gasteiger partial charge in [-0.15, -0.1) is 0 Å². The van der Waals surface area contributed by atoms with E-state index in [-0.39, 0.29) is 24.5 Å². The van der Waals surface area contributed by atoms with Crippen LogP contribution in [0.1, 0.15) is 24.4 Å². The Balaban J connectivity index is 1.25. The van der Waals surface area contributed by atoms with E-state index in [2.05, 4.69) is 15.5 Å². The number of rotatable bonds is 7. The quantitative estimate of drug-likeness (QED) is 0.512. The van der Waals surface area contributed by atoms with Gasteiger partial charge in [0.25, 0.3) is 0 Å². The third-order valence-electron chi connectivity index (χ3n) is 6.61. The predicted octanol–water partition coefficient (Wildman–Crippen LogP) is 4.45. The Hall–Kier alpha value is -4.04. The maximum Gasteiger partial charge on any atom is 0.246 e. The highest BCUT2D eigenvalue weighted by atomic mass is 16.7. The third-order valence-corrected chi connectivity index (χ3v) is 6.61. The first kappa shape index (κ1) is 23.7. The van der Waals surface area contributed by atoms with Gasteiger partial charge in [-0.25, -0.2) is 0 Å². The number of piperidine rings is 1. The highest BCUT2D eigenvalue weighted by Gasteiger charge is 2.33. The summed E-state index contributed by atoms with van der Waals surface area (Å²) < 4.78 is 16.0. The van der Waals surface area contributed by atoms with E-state index in [0.29, 0.717) is 54.6 Å². The zero-order valence-electron chi connectivity index (χ0n) is 20.1. The predicted molar refractivity (Wildman–Crippen MR) is 136 cm³/mol. The van der Waals surface area contributed by atoms with E-state index in [1.807, 2.05) is 54.6 Å². The molecule has 1 atom stereocenters. The fraction of sp³-hybridized carbons (Fsp3) is 0.286. The number of fused-ring (bicyclic) bond motifs is 1. The molecule has 0 radical (unpaired) electrons. The fourth-order valence-electron chi connectivity index (χ4n) is 4.71. The molecular formula is C28H29N3O5. The lowest BCUT2D eigenvalue weighted by Crippen LogP contribution is -2.44. The van der Waals surface area contributed by atoms with Crippen molar-refractivity contribution in [1.29, 1.82) is 0 Å². The van der Waals surface area contributed by atoms with E-state index >= 15 is 0 Å². The summed E-state index contributed by atoms with van der Waals surface area (Å²) >= 11 is 0. The number of hydrogen-bond acceptors (Lipinski definition) is 6. The van der Waals surface area contributed by atoms with Crippen molar-refractivity contribution >= 4 is 23.2 Å². The van der Waals surface area contributed by atoms with Gasteiger partial charge in [-0.05, 0) is 55.8 Å². The first-order chi connectivity index (χ1) is 17.6. The lowest BCUT2D eigenvalue weighted by atomic mass is 9.93. The maximum atomic E-state index is 13.5. The van der Waals surface area contributed by atoms with E-state index in [9.17, 15) is 9.59 Å². The van der Waals surface area contributed by atoms with Crippen molar-refractivity contribution in [3.63, 3.8) is 0 Å². The second-order valence-corrected chi connectivity index (χ2v) is 8.90. The smallest absolute Gasteiger partial charge is 0.246 e. The zero-order valence-corrected chi connectivity index (χ0v) is 20.1. The zero-order chi connectivity index (χ0) is 24.9. The molecule has 1 fully saturated rings. The first-order valence-corrected chi connectivity index (χ1v) is 12.0. The molecule has 186 valence electrons. The number of ether oxygens (including phenoxy) is 3. The second-order valence-electron chi connectivity index (χ2n) is 8.90. The molecule has 8 nitrogen and oxygen atoms in total. The number of amides is 2. The highest BCUT2D eigenvalue weighted by molar-refractivity contribution is 5.96. The van der Waals surface area contributed by atoms with Gasteiger partial charge in [-0.3, -0.25) is 14.5 Å². The maximum absolute atomic E-state index is 13.5. The van der Waals surface area contributed by atoms with Gasteiger partial charge in [0.1, 0.15) is 11.8 Å². The Morgan fingerprint density at radius 3 is 2.42 bits per heavy atom. The van der Waals surface area contributed by atoms with Gasteiger partial charge in [0, 0.05) is 29.4 Å². The van der Waals surface area contributed by atoms with E-state index in [1.54, 1.807) is 25.3 Å². The number of anilines is 2. The average Bonchev–Trinajstić information content (AvgIpc) is 3.38. The number of nitrogens with one attached hydrogen (secondary N) is 2. The summed E-state index contributed by atoms with van der Waals surface area (Å²) in [5.74, 6) is 1.72. The van der Waals surface area contributed by atoms with Gasteiger partial charge >= 0.3 is 0 Å². The summed E-state index contributed by atoms with van der Waals surface area (Å²) in [4.78, 5) is 28.6. The summed E-state index contributed by atoms with van der Waals surface area (Å²) in [7, 11) is 1.60. The van der Waals surface area contributed by atoms with Crippen LogP contribution >= 0.6 is 0 Å². The van der Waals surface area contributed by atoms with Crippen LogP contribution in [-0.2, 0) is 9.59 Å². The molecule has 8 heteroatoms. The highest BCUT2D eigenvalue weighted by Crippen LogP contribution is 2.35. The fourth-order valence-corrected chi connectivity index (χ4v) is 4.71. The standard InChI is InChI=1S/C28H29N3O5/c1-34-23-9-5-8-21(16-23)30-28(33)26(19-6-3-2-4-7-19)31-14-12-20(13-15-31)27(32)29-22-10-11-24-25(17-22)36-18-35-24/h2-11,16-17,20,26H,12-15,18H2,1H3,(H,29,32)(H,30,33)/t26-/m0/s1. The molecule has 0 saturated carbocycles. The van der Waals surface area contributed by atoms with Crippen molar-refractivity contribution in [2.45, 2.75) is 18.9 Å². The van der Waals surface area contributed by atoms with Crippen LogP contribution in [0.15, 0.2) is 72.8 Å². The summed E-state index contributed by atoms with van der Waals surface area (Å²) in [5, 5.41) is 6.04. The van der Waals surface area contributed by atoms with Crippen LogP contribution in [-0.4, -0.2) is 43.7 Å². The minimum absolute atomic E-state index is 0.0226. The number of methoxy groups -OCH3 is 1. The molecule has 3 aromatic rings. The van der Waals surface area contributed by atoms with Gasteiger partial charge in [0.05, 0.1) is 7.11 Å². The average molecular weight is 488 g/mol.